The first-order chi connectivity index (χ1) is 12.3. The summed E-state index contributed by atoms with van der Waals surface area (Å²) >= 11 is 1.06. The molecule has 6 nitrogen and oxygen atoms in total. The van der Waals surface area contributed by atoms with Crippen LogP contribution in [-0.4, -0.2) is 37.9 Å². The quantitative estimate of drug-likeness (QED) is 0.871. The van der Waals surface area contributed by atoms with Crippen LogP contribution in [0.4, 0.5) is 4.39 Å². The Morgan fingerprint density at radius 1 is 1.31 bits per heavy atom. The van der Waals surface area contributed by atoms with Gasteiger partial charge in [-0.3, -0.25) is 9.59 Å². The largest absolute Gasteiger partial charge is 0.349 e. The van der Waals surface area contributed by atoms with E-state index in [1.807, 2.05) is 20.8 Å². The molecule has 0 spiro atoms. The zero-order valence-electron chi connectivity index (χ0n) is 14.9. The SMILES string of the molecule is CC(C)(C)NC(=O)[C@H](c1ccccc1F)N(C(=O)c1csnn1)C1CC1. The average Bonchev–Trinajstić information content (AvgIpc) is 3.23. The first-order valence-corrected chi connectivity index (χ1v) is 9.28. The number of carbonyl (C=O) groups is 2. The molecule has 0 saturated heterocycles. The molecule has 1 fully saturated rings. The van der Waals surface area contributed by atoms with Crippen LogP contribution in [-0.2, 0) is 4.79 Å². The van der Waals surface area contributed by atoms with E-state index in [-0.39, 0.29) is 17.3 Å². The van der Waals surface area contributed by atoms with Crippen molar-refractivity contribution in [3.05, 3.63) is 46.7 Å². The first kappa shape index (κ1) is 18.4. The summed E-state index contributed by atoms with van der Waals surface area (Å²) in [6.45, 7) is 5.53. The van der Waals surface area contributed by atoms with Gasteiger partial charge in [0.25, 0.3) is 5.91 Å². The summed E-state index contributed by atoms with van der Waals surface area (Å²) in [5, 5.41) is 8.25. The predicted octanol–water partition coefficient (Wildman–Crippen LogP) is 2.94. The number of hydrogen-bond acceptors (Lipinski definition) is 5. The Bertz CT molecular complexity index is 800. The molecule has 26 heavy (non-hydrogen) atoms. The van der Waals surface area contributed by atoms with Gasteiger partial charge >= 0.3 is 0 Å². The molecule has 1 aliphatic rings. The Hall–Kier alpha value is -2.35. The summed E-state index contributed by atoms with van der Waals surface area (Å²) in [6.07, 6.45) is 1.55. The zero-order valence-corrected chi connectivity index (χ0v) is 15.7. The van der Waals surface area contributed by atoms with E-state index in [0.29, 0.717) is 0 Å². The van der Waals surface area contributed by atoms with Gasteiger partial charge in [0.05, 0.1) is 0 Å². The van der Waals surface area contributed by atoms with Gasteiger partial charge in [0, 0.05) is 22.5 Å². The Labute approximate surface area is 155 Å². The second-order valence-electron chi connectivity index (χ2n) is 7.40. The smallest absolute Gasteiger partial charge is 0.276 e. The van der Waals surface area contributed by atoms with E-state index in [1.54, 1.807) is 18.2 Å². The molecule has 3 rings (SSSR count). The lowest BCUT2D eigenvalue weighted by Crippen LogP contribution is -2.50. The van der Waals surface area contributed by atoms with Crippen molar-refractivity contribution in [3.8, 4) is 0 Å². The Morgan fingerprint density at radius 2 is 2.00 bits per heavy atom. The number of rotatable bonds is 5. The summed E-state index contributed by atoms with van der Waals surface area (Å²) in [4.78, 5) is 27.5. The molecule has 2 amide bonds. The monoisotopic (exact) mass is 376 g/mol. The molecule has 0 unspecified atom stereocenters. The van der Waals surface area contributed by atoms with E-state index in [4.69, 9.17) is 0 Å². The van der Waals surface area contributed by atoms with Gasteiger partial charge in [0.15, 0.2) is 5.69 Å². The number of benzene rings is 1. The third-order valence-corrected chi connectivity index (χ3v) is 4.48. The predicted molar refractivity (Wildman–Crippen MR) is 96.1 cm³/mol. The highest BCUT2D eigenvalue weighted by Gasteiger charge is 2.43. The van der Waals surface area contributed by atoms with Crippen LogP contribution in [0.15, 0.2) is 29.6 Å². The maximum Gasteiger partial charge on any atom is 0.276 e. The molecule has 0 bridgehead atoms. The molecule has 1 aliphatic carbocycles. The molecular formula is C18H21FN4O2S. The maximum atomic E-state index is 14.5. The topological polar surface area (TPSA) is 75.2 Å². The van der Waals surface area contributed by atoms with Crippen molar-refractivity contribution in [1.82, 2.24) is 19.8 Å². The fraction of sp³-hybridized carbons (Fsp3) is 0.444. The highest BCUT2D eigenvalue weighted by atomic mass is 32.1. The minimum atomic E-state index is -1.06. The number of aromatic nitrogens is 2. The molecule has 2 aromatic rings. The summed E-state index contributed by atoms with van der Waals surface area (Å²) in [5.41, 5.74) is -0.161. The number of nitrogens with zero attached hydrogens (tertiary/aromatic N) is 3. The van der Waals surface area contributed by atoms with Gasteiger partial charge in [-0.2, -0.15) is 0 Å². The number of amides is 2. The molecule has 0 aliphatic heterocycles. The maximum absolute atomic E-state index is 14.5. The Morgan fingerprint density at radius 3 is 2.54 bits per heavy atom. The van der Waals surface area contributed by atoms with E-state index >= 15 is 0 Å². The van der Waals surface area contributed by atoms with E-state index in [0.717, 1.165) is 24.4 Å². The van der Waals surface area contributed by atoms with Gasteiger partial charge in [-0.1, -0.05) is 22.7 Å². The van der Waals surface area contributed by atoms with Crippen molar-refractivity contribution in [3.63, 3.8) is 0 Å². The van der Waals surface area contributed by atoms with Crippen molar-refractivity contribution >= 4 is 23.3 Å². The lowest BCUT2D eigenvalue weighted by Gasteiger charge is -2.33. The van der Waals surface area contributed by atoms with Crippen LogP contribution in [0.25, 0.3) is 0 Å². The van der Waals surface area contributed by atoms with Gasteiger partial charge in [-0.05, 0) is 51.2 Å². The van der Waals surface area contributed by atoms with Gasteiger partial charge in [0.1, 0.15) is 11.9 Å². The molecule has 1 atom stereocenters. The van der Waals surface area contributed by atoms with E-state index in [2.05, 4.69) is 14.9 Å². The van der Waals surface area contributed by atoms with Crippen LogP contribution in [0.2, 0.25) is 0 Å². The highest BCUT2D eigenvalue weighted by molar-refractivity contribution is 7.03. The minimum absolute atomic E-state index is 0.112. The molecule has 8 heteroatoms. The van der Waals surface area contributed by atoms with E-state index in [1.165, 1.54) is 16.3 Å². The van der Waals surface area contributed by atoms with Crippen LogP contribution in [0, 0.1) is 5.82 Å². The average molecular weight is 376 g/mol. The lowest BCUT2D eigenvalue weighted by molar-refractivity contribution is -0.127. The molecule has 1 saturated carbocycles. The number of carbonyl (C=O) groups excluding carboxylic acids is 2. The molecule has 1 N–H and O–H groups in total. The first-order valence-electron chi connectivity index (χ1n) is 8.44. The van der Waals surface area contributed by atoms with Crippen molar-refractivity contribution in [2.45, 2.75) is 51.2 Å². The number of hydrogen-bond donors (Lipinski definition) is 1. The third kappa shape index (κ3) is 4.07. The Balaban J connectivity index is 2.04. The normalized spacial score (nSPS) is 15.4. The van der Waals surface area contributed by atoms with Crippen molar-refractivity contribution < 1.29 is 14.0 Å². The molecule has 1 aromatic heterocycles. The minimum Gasteiger partial charge on any atom is -0.349 e. The number of nitrogens with one attached hydrogen (secondary N) is 1. The van der Waals surface area contributed by atoms with Gasteiger partial charge < -0.3 is 10.2 Å². The zero-order chi connectivity index (χ0) is 18.9. The van der Waals surface area contributed by atoms with Crippen LogP contribution < -0.4 is 5.32 Å². The van der Waals surface area contributed by atoms with Crippen LogP contribution in [0.3, 0.4) is 0 Å². The lowest BCUT2D eigenvalue weighted by atomic mass is 10.0. The summed E-state index contributed by atoms with van der Waals surface area (Å²) in [6, 6.07) is 4.90. The third-order valence-electron chi connectivity index (χ3n) is 3.98. The van der Waals surface area contributed by atoms with Gasteiger partial charge in [-0.15, -0.1) is 5.10 Å². The molecule has 138 valence electrons. The molecular weight excluding hydrogens is 355 g/mol. The van der Waals surface area contributed by atoms with Crippen molar-refractivity contribution in [2.24, 2.45) is 0 Å². The molecule has 1 heterocycles. The van der Waals surface area contributed by atoms with Crippen molar-refractivity contribution in [2.75, 3.05) is 0 Å². The number of halogens is 1. The van der Waals surface area contributed by atoms with Gasteiger partial charge in [0.2, 0.25) is 5.91 Å². The van der Waals surface area contributed by atoms with Crippen LogP contribution >= 0.6 is 11.5 Å². The fourth-order valence-electron chi connectivity index (χ4n) is 2.79. The van der Waals surface area contributed by atoms with Crippen molar-refractivity contribution in [1.29, 1.82) is 0 Å². The molecule has 1 aromatic carbocycles. The van der Waals surface area contributed by atoms with Gasteiger partial charge in [-0.25, -0.2) is 4.39 Å². The standard InChI is InChI=1S/C18H21FN4O2S/c1-18(2,3)20-16(24)15(12-6-4-5-7-13(12)19)23(11-8-9-11)17(25)14-10-26-22-21-14/h4-7,10-11,15H,8-9H2,1-3H3,(H,20,24)/t15-/m0/s1. The fourth-order valence-corrected chi connectivity index (χ4v) is 3.22. The van der Waals surface area contributed by atoms with E-state index < -0.39 is 29.2 Å². The summed E-state index contributed by atoms with van der Waals surface area (Å²) < 4.78 is 18.3. The summed E-state index contributed by atoms with van der Waals surface area (Å²) in [7, 11) is 0. The van der Waals surface area contributed by atoms with Crippen LogP contribution in [0.5, 0.6) is 0 Å². The Kier molecular flexibility index (Phi) is 5.04. The van der Waals surface area contributed by atoms with Crippen LogP contribution in [0.1, 0.15) is 55.7 Å². The second kappa shape index (κ2) is 7.11. The molecule has 0 radical (unpaired) electrons. The summed E-state index contributed by atoms with van der Waals surface area (Å²) in [5.74, 6) is -1.33. The highest BCUT2D eigenvalue weighted by Crippen LogP contribution is 2.37. The second-order valence-corrected chi connectivity index (χ2v) is 8.01. The van der Waals surface area contributed by atoms with E-state index in [9.17, 15) is 14.0 Å².